The van der Waals surface area contributed by atoms with E-state index in [4.69, 9.17) is 0 Å². The van der Waals surface area contributed by atoms with E-state index in [-0.39, 0.29) is 0 Å². The first-order valence-electron chi connectivity index (χ1n) is 3.23. The summed E-state index contributed by atoms with van der Waals surface area (Å²) >= 11 is 3.22. The molecule has 6 heteroatoms. The van der Waals surface area contributed by atoms with E-state index in [0.717, 1.165) is 4.34 Å². The Morgan fingerprint density at radius 1 is 1.50 bits per heavy atom. The van der Waals surface area contributed by atoms with Crippen LogP contribution in [0.5, 0.6) is 0 Å². The molecule has 0 fully saturated rings. The molecule has 0 unspecified atom stereocenters. The van der Waals surface area contributed by atoms with E-state index in [9.17, 15) is 0 Å². The van der Waals surface area contributed by atoms with E-state index in [1.807, 2.05) is 5.38 Å². The molecule has 0 amide bonds. The van der Waals surface area contributed by atoms with Gasteiger partial charge in [-0.2, -0.15) is 4.98 Å². The van der Waals surface area contributed by atoms with Crippen LogP contribution in [-0.2, 0) is 5.75 Å². The van der Waals surface area contributed by atoms with E-state index in [1.54, 1.807) is 29.3 Å². The number of thioether (sulfide) groups is 1. The highest BCUT2D eigenvalue weighted by molar-refractivity contribution is 8.00. The molecule has 2 aromatic rings. The lowest BCUT2D eigenvalue weighted by molar-refractivity contribution is 0.412. The van der Waals surface area contributed by atoms with Crippen LogP contribution in [0.4, 0.5) is 0 Å². The fraction of sp³-hybridized carbons (Fsp3) is 0.167. The van der Waals surface area contributed by atoms with Crippen LogP contribution in [0.3, 0.4) is 0 Å². The van der Waals surface area contributed by atoms with Gasteiger partial charge in [-0.1, -0.05) is 16.9 Å². The average Bonchev–Trinajstić information content (AvgIpc) is 2.74. The minimum Gasteiger partial charge on any atom is -0.343 e. The summed E-state index contributed by atoms with van der Waals surface area (Å²) in [6.45, 7) is 0. The van der Waals surface area contributed by atoms with Crippen LogP contribution in [0, 0.1) is 0 Å². The number of rotatable bonds is 3. The first-order chi connectivity index (χ1) is 5.95. The van der Waals surface area contributed by atoms with Crippen molar-refractivity contribution >= 4 is 23.1 Å². The smallest absolute Gasteiger partial charge is 0.213 e. The number of hydrogen-bond donors (Lipinski definition) is 0. The average molecular weight is 199 g/mol. The van der Waals surface area contributed by atoms with Gasteiger partial charge in [-0.15, -0.1) is 11.3 Å². The maximum atomic E-state index is 4.59. The molecule has 2 aromatic heterocycles. The van der Waals surface area contributed by atoms with E-state index >= 15 is 0 Å². The molecule has 0 spiro atoms. The molecule has 0 saturated carbocycles. The Hall–Kier alpha value is -0.880. The molecule has 0 aromatic carbocycles. The molecule has 12 heavy (non-hydrogen) atoms. The first-order valence-corrected chi connectivity index (χ1v) is 5.09. The Labute approximate surface area is 77.0 Å². The Morgan fingerprint density at radius 3 is 3.17 bits per heavy atom. The maximum absolute atomic E-state index is 4.59. The van der Waals surface area contributed by atoms with Gasteiger partial charge in [0.1, 0.15) is 4.34 Å². The summed E-state index contributed by atoms with van der Waals surface area (Å²) < 4.78 is 5.62. The predicted molar refractivity (Wildman–Crippen MR) is 46.0 cm³/mol. The van der Waals surface area contributed by atoms with Crippen molar-refractivity contribution in [1.29, 1.82) is 0 Å². The van der Waals surface area contributed by atoms with Gasteiger partial charge in [0.25, 0.3) is 0 Å². The van der Waals surface area contributed by atoms with E-state index in [0.29, 0.717) is 11.6 Å². The topological polar surface area (TPSA) is 51.8 Å². The van der Waals surface area contributed by atoms with Crippen LogP contribution >= 0.6 is 23.1 Å². The molecule has 0 aliphatic rings. The summed E-state index contributed by atoms with van der Waals surface area (Å²) in [5, 5.41) is 5.63. The van der Waals surface area contributed by atoms with Crippen molar-refractivity contribution in [3.8, 4) is 0 Å². The SMILES string of the molecule is c1csc(SCc2ncon2)n1. The zero-order valence-electron chi connectivity index (χ0n) is 6.01. The molecule has 2 rings (SSSR count). The lowest BCUT2D eigenvalue weighted by Gasteiger charge is -1.89. The van der Waals surface area contributed by atoms with Crippen molar-refractivity contribution < 1.29 is 4.52 Å². The monoisotopic (exact) mass is 199 g/mol. The molecule has 0 N–H and O–H groups in total. The van der Waals surface area contributed by atoms with Gasteiger partial charge in [0.05, 0.1) is 5.75 Å². The van der Waals surface area contributed by atoms with Gasteiger partial charge < -0.3 is 4.52 Å². The minimum absolute atomic E-state index is 0.704. The van der Waals surface area contributed by atoms with Crippen molar-refractivity contribution in [2.24, 2.45) is 0 Å². The summed E-state index contributed by atoms with van der Waals surface area (Å²) in [5.41, 5.74) is 0. The number of thiazole rings is 1. The molecule has 4 nitrogen and oxygen atoms in total. The highest BCUT2D eigenvalue weighted by Crippen LogP contribution is 2.22. The lowest BCUT2D eigenvalue weighted by Crippen LogP contribution is -1.81. The largest absolute Gasteiger partial charge is 0.343 e. The zero-order valence-corrected chi connectivity index (χ0v) is 7.64. The third-order valence-electron chi connectivity index (χ3n) is 1.14. The number of aromatic nitrogens is 3. The predicted octanol–water partition coefficient (Wildman–Crippen LogP) is 1.82. The second-order valence-corrected chi connectivity index (χ2v) is 4.05. The molecular weight excluding hydrogens is 194 g/mol. The molecule has 0 bridgehead atoms. The van der Waals surface area contributed by atoms with E-state index in [2.05, 4.69) is 19.6 Å². The summed E-state index contributed by atoms with van der Waals surface area (Å²) in [6, 6.07) is 0. The first kappa shape index (κ1) is 7.75. The van der Waals surface area contributed by atoms with Crippen molar-refractivity contribution in [2.45, 2.75) is 10.1 Å². The zero-order chi connectivity index (χ0) is 8.23. The highest BCUT2D eigenvalue weighted by atomic mass is 32.2. The number of hydrogen-bond acceptors (Lipinski definition) is 6. The van der Waals surface area contributed by atoms with Crippen molar-refractivity contribution in [1.82, 2.24) is 15.1 Å². The second-order valence-electron chi connectivity index (χ2n) is 1.93. The lowest BCUT2D eigenvalue weighted by atomic mass is 10.7. The van der Waals surface area contributed by atoms with E-state index < -0.39 is 0 Å². The molecule has 62 valence electrons. The fourth-order valence-electron chi connectivity index (χ4n) is 0.664. The van der Waals surface area contributed by atoms with Crippen molar-refractivity contribution in [3.63, 3.8) is 0 Å². The summed E-state index contributed by atoms with van der Waals surface area (Å²) in [4.78, 5) is 8.00. The van der Waals surface area contributed by atoms with Crippen LogP contribution in [0.15, 0.2) is 26.8 Å². The Bertz CT molecular complexity index is 284. The minimum atomic E-state index is 0.704. The van der Waals surface area contributed by atoms with Gasteiger partial charge in [-0.3, -0.25) is 0 Å². The molecule has 0 radical (unpaired) electrons. The van der Waals surface area contributed by atoms with Gasteiger partial charge in [-0.05, 0) is 0 Å². The molecule has 0 atom stereocenters. The summed E-state index contributed by atoms with van der Waals surface area (Å²) in [5.74, 6) is 1.42. The Morgan fingerprint density at radius 2 is 2.50 bits per heavy atom. The van der Waals surface area contributed by atoms with Crippen molar-refractivity contribution in [2.75, 3.05) is 0 Å². The van der Waals surface area contributed by atoms with Gasteiger partial charge >= 0.3 is 0 Å². The quantitative estimate of drug-likeness (QED) is 0.706. The van der Waals surface area contributed by atoms with Crippen LogP contribution in [-0.4, -0.2) is 15.1 Å². The normalized spacial score (nSPS) is 10.3. The molecule has 2 heterocycles. The number of nitrogens with zero attached hydrogens (tertiary/aromatic N) is 3. The Kier molecular flexibility index (Phi) is 2.38. The molecule has 0 saturated heterocycles. The second kappa shape index (κ2) is 3.68. The van der Waals surface area contributed by atoms with Crippen molar-refractivity contribution in [3.05, 3.63) is 23.8 Å². The highest BCUT2D eigenvalue weighted by Gasteiger charge is 2.01. The molecular formula is C6H5N3OS2. The van der Waals surface area contributed by atoms with E-state index in [1.165, 1.54) is 6.39 Å². The van der Waals surface area contributed by atoms with Crippen LogP contribution in [0.25, 0.3) is 0 Å². The van der Waals surface area contributed by atoms with Crippen LogP contribution in [0.2, 0.25) is 0 Å². The van der Waals surface area contributed by atoms with Crippen LogP contribution in [0.1, 0.15) is 5.82 Å². The van der Waals surface area contributed by atoms with Crippen LogP contribution < -0.4 is 0 Å². The molecule has 0 aliphatic heterocycles. The molecule has 0 aliphatic carbocycles. The summed E-state index contributed by atoms with van der Waals surface area (Å²) in [6.07, 6.45) is 3.11. The van der Waals surface area contributed by atoms with Gasteiger partial charge in [0, 0.05) is 11.6 Å². The summed E-state index contributed by atoms with van der Waals surface area (Å²) in [7, 11) is 0. The van der Waals surface area contributed by atoms with Gasteiger partial charge in [-0.25, -0.2) is 4.98 Å². The van der Waals surface area contributed by atoms with Gasteiger partial charge in [0.2, 0.25) is 6.39 Å². The standard InChI is InChI=1S/C6H5N3OS2/c1-2-11-6(7-1)12-3-5-8-4-10-9-5/h1-2,4H,3H2. The maximum Gasteiger partial charge on any atom is 0.213 e. The fourth-order valence-corrected chi connectivity index (χ4v) is 2.15. The third-order valence-corrected chi connectivity index (χ3v) is 3.10. The van der Waals surface area contributed by atoms with Gasteiger partial charge in [0.15, 0.2) is 5.82 Å². The Balaban J connectivity index is 1.91. The third kappa shape index (κ3) is 1.83.